The number of hydrogen-bond acceptors (Lipinski definition) is 3. The number of fused-ring (bicyclic) bond motifs is 3. The molecule has 2 bridgehead atoms. The predicted molar refractivity (Wildman–Crippen MR) is 145 cm³/mol. The summed E-state index contributed by atoms with van der Waals surface area (Å²) in [4.78, 5) is 41.1. The van der Waals surface area contributed by atoms with Gasteiger partial charge in [-0.05, 0) is 46.3 Å². The monoisotopic (exact) mass is 466 g/mol. The smallest absolute Gasteiger partial charge is 0.194 e. The molecule has 0 aliphatic heterocycles. The van der Waals surface area contributed by atoms with Crippen molar-refractivity contribution in [1.82, 2.24) is 0 Å². The second kappa shape index (κ2) is 8.24. The van der Waals surface area contributed by atoms with Crippen LogP contribution in [0.2, 0.25) is 0 Å². The van der Waals surface area contributed by atoms with Crippen molar-refractivity contribution < 1.29 is 14.4 Å². The summed E-state index contributed by atoms with van der Waals surface area (Å²) in [6.45, 7) is 3.59. The van der Waals surface area contributed by atoms with E-state index in [2.05, 4.69) is 0 Å². The topological polar surface area (TPSA) is 51.2 Å². The van der Waals surface area contributed by atoms with Crippen LogP contribution in [-0.2, 0) is 0 Å². The first kappa shape index (κ1) is 21.9. The van der Waals surface area contributed by atoms with Gasteiger partial charge in [0, 0.05) is 33.2 Å². The molecule has 0 N–H and O–H groups in total. The number of carbonyl (C=O) groups excluding carboxylic acids is 3. The number of rotatable bonds is 5. The minimum atomic E-state index is -0.224. The van der Waals surface area contributed by atoms with Crippen molar-refractivity contribution in [2.24, 2.45) is 0 Å². The summed E-state index contributed by atoms with van der Waals surface area (Å²) in [5, 5.41) is 4.77. The van der Waals surface area contributed by atoms with Gasteiger partial charge in [-0.3, -0.25) is 14.4 Å². The van der Waals surface area contributed by atoms with Crippen LogP contribution in [0.1, 0.15) is 54.7 Å². The van der Waals surface area contributed by atoms with Gasteiger partial charge in [0.15, 0.2) is 17.3 Å². The molecule has 0 spiro atoms. The molecule has 7 rings (SSSR count). The normalized spacial score (nSPS) is 11.4. The lowest BCUT2D eigenvalue weighted by molar-refractivity contribution is 0.101. The minimum Gasteiger partial charge on any atom is -0.294 e. The summed E-state index contributed by atoms with van der Waals surface area (Å²) in [5.41, 5.74) is 3.36. The molecule has 0 radical (unpaired) electrons. The Kier molecular flexibility index (Phi) is 5.01. The molecule has 0 aliphatic rings. The molecule has 0 saturated carbocycles. The highest BCUT2D eigenvalue weighted by atomic mass is 16.1. The lowest BCUT2D eigenvalue weighted by Crippen LogP contribution is -2.15. The zero-order chi connectivity index (χ0) is 25.0. The van der Waals surface area contributed by atoms with Gasteiger partial charge in [-0.15, -0.1) is 0 Å². The van der Waals surface area contributed by atoms with E-state index in [1.54, 1.807) is 31.2 Å². The molecule has 0 saturated heterocycles. The van der Waals surface area contributed by atoms with E-state index in [0.29, 0.717) is 38.6 Å². The molecule has 0 aromatic heterocycles. The fourth-order valence-electron chi connectivity index (χ4n) is 5.54. The predicted octanol–water partition coefficient (Wildman–Crippen LogP) is 7.56. The Morgan fingerprint density at radius 1 is 0.472 bits per heavy atom. The summed E-state index contributed by atoms with van der Waals surface area (Å²) < 4.78 is 0. The maximum Gasteiger partial charge on any atom is 0.194 e. The van der Waals surface area contributed by atoms with E-state index < -0.39 is 0 Å². The van der Waals surface area contributed by atoms with E-state index in [0.717, 1.165) is 27.1 Å². The van der Waals surface area contributed by atoms with Crippen molar-refractivity contribution in [3.05, 3.63) is 130 Å². The molecule has 0 aliphatic carbocycles. The van der Waals surface area contributed by atoms with Gasteiger partial charge in [0.25, 0.3) is 0 Å². The number of ketones is 3. The highest BCUT2D eigenvalue weighted by Gasteiger charge is 2.30. The van der Waals surface area contributed by atoms with Crippen molar-refractivity contribution in [2.75, 3.05) is 0 Å². The van der Waals surface area contributed by atoms with Gasteiger partial charge in [0.1, 0.15) is 0 Å². The van der Waals surface area contributed by atoms with Gasteiger partial charge in [0.2, 0.25) is 0 Å². The Morgan fingerprint density at radius 3 is 1.42 bits per heavy atom. The third-order valence-electron chi connectivity index (χ3n) is 7.10. The number of aryl methyl sites for hydroxylation is 1. The third-order valence-corrected chi connectivity index (χ3v) is 7.10. The first-order chi connectivity index (χ1) is 17.5. The van der Waals surface area contributed by atoms with Crippen molar-refractivity contribution in [3.63, 3.8) is 0 Å². The highest BCUT2D eigenvalue weighted by Crippen LogP contribution is 2.44. The second-order valence-corrected chi connectivity index (χ2v) is 9.15. The molecule has 7 aromatic carbocycles. The first-order valence-electron chi connectivity index (χ1n) is 11.9. The molecular formula is C33H22O3. The summed E-state index contributed by atoms with van der Waals surface area (Å²) in [6, 6.07) is 29.7. The lowest BCUT2D eigenvalue weighted by Gasteiger charge is -2.22. The fraction of sp³-hybridized carbons (Fsp3) is 0.0606. The van der Waals surface area contributed by atoms with Crippen LogP contribution in [-0.4, -0.2) is 17.3 Å². The summed E-state index contributed by atoms with van der Waals surface area (Å²) in [7, 11) is 0. The molecular weight excluding hydrogens is 444 g/mol. The molecule has 0 heterocycles. The van der Waals surface area contributed by atoms with Crippen molar-refractivity contribution in [3.8, 4) is 0 Å². The Morgan fingerprint density at radius 2 is 0.917 bits per heavy atom. The molecule has 0 atom stereocenters. The minimum absolute atomic E-state index is 0.0704. The summed E-state index contributed by atoms with van der Waals surface area (Å²) in [6.07, 6.45) is 0. The molecule has 3 nitrogen and oxygen atoms in total. The van der Waals surface area contributed by atoms with Gasteiger partial charge in [-0.1, -0.05) is 97.1 Å². The molecule has 172 valence electrons. The standard InChI is InChI=1S/C33H22O3/c1-19-23-15-9-10-16-24(23)28(20(2)34)29-26-18-17-25(27(19)29)30(32(35)21-11-5-3-6-12-21)31(26)33(36)22-13-7-4-8-14-22/h3-18H,1-2H3. The first-order valence-corrected chi connectivity index (χ1v) is 11.9. The summed E-state index contributed by atoms with van der Waals surface area (Å²) in [5.74, 6) is -0.494. The molecule has 0 amide bonds. The third kappa shape index (κ3) is 3.10. The Bertz CT molecular complexity index is 1830. The van der Waals surface area contributed by atoms with Gasteiger partial charge in [0.05, 0.1) is 0 Å². The van der Waals surface area contributed by atoms with E-state index in [4.69, 9.17) is 0 Å². The van der Waals surface area contributed by atoms with Crippen LogP contribution in [0.25, 0.3) is 32.3 Å². The van der Waals surface area contributed by atoms with Crippen LogP contribution >= 0.6 is 0 Å². The van der Waals surface area contributed by atoms with E-state index in [1.165, 1.54) is 0 Å². The quantitative estimate of drug-likeness (QED) is 0.195. The zero-order valence-electron chi connectivity index (χ0n) is 20.0. The van der Waals surface area contributed by atoms with E-state index in [-0.39, 0.29) is 17.3 Å². The fourth-order valence-corrected chi connectivity index (χ4v) is 5.54. The van der Waals surface area contributed by atoms with Crippen LogP contribution in [0.4, 0.5) is 0 Å². The average Bonchev–Trinajstić information content (AvgIpc) is 2.93. The Hall–Kier alpha value is -4.63. The van der Waals surface area contributed by atoms with Crippen molar-refractivity contribution >= 4 is 49.7 Å². The maximum atomic E-state index is 14.0. The number of Topliss-reactive ketones (excluding diaryl/α,β-unsaturated/α-hetero) is 1. The summed E-state index contributed by atoms with van der Waals surface area (Å²) >= 11 is 0. The molecule has 0 fully saturated rings. The van der Waals surface area contributed by atoms with Gasteiger partial charge in [-0.2, -0.15) is 0 Å². The maximum absolute atomic E-state index is 14.0. The van der Waals surface area contributed by atoms with Crippen LogP contribution in [0.3, 0.4) is 0 Å². The van der Waals surface area contributed by atoms with E-state index in [1.807, 2.05) is 79.7 Å². The van der Waals surface area contributed by atoms with Gasteiger partial charge < -0.3 is 0 Å². The lowest BCUT2D eigenvalue weighted by atomic mass is 9.78. The molecule has 0 unspecified atom stereocenters. The van der Waals surface area contributed by atoms with Crippen molar-refractivity contribution in [1.29, 1.82) is 0 Å². The average molecular weight is 467 g/mol. The SMILES string of the molecule is CC(=O)c1c2ccccc2c(C)c2c3ccc(c(C(=O)c4ccccc4)c3C(=O)c3ccccc3)c12. The van der Waals surface area contributed by atoms with E-state index in [9.17, 15) is 14.4 Å². The molecule has 3 heteroatoms. The highest BCUT2D eigenvalue weighted by molar-refractivity contribution is 6.37. The second-order valence-electron chi connectivity index (χ2n) is 9.15. The van der Waals surface area contributed by atoms with Crippen LogP contribution in [0, 0.1) is 6.92 Å². The van der Waals surface area contributed by atoms with Crippen molar-refractivity contribution in [2.45, 2.75) is 13.8 Å². The van der Waals surface area contributed by atoms with Crippen LogP contribution < -0.4 is 0 Å². The largest absolute Gasteiger partial charge is 0.294 e. The number of hydrogen-bond donors (Lipinski definition) is 0. The van der Waals surface area contributed by atoms with E-state index >= 15 is 0 Å². The van der Waals surface area contributed by atoms with Crippen LogP contribution in [0.5, 0.6) is 0 Å². The number of benzene rings is 7. The van der Waals surface area contributed by atoms with Gasteiger partial charge in [-0.25, -0.2) is 0 Å². The van der Waals surface area contributed by atoms with Crippen LogP contribution in [0.15, 0.2) is 97.1 Å². The molecule has 7 aromatic rings. The Labute approximate surface area is 208 Å². The molecule has 36 heavy (non-hydrogen) atoms. The Balaban J connectivity index is 1.84. The zero-order valence-corrected chi connectivity index (χ0v) is 20.0. The number of carbonyl (C=O) groups is 3. The van der Waals surface area contributed by atoms with Gasteiger partial charge >= 0.3 is 0 Å².